The van der Waals surface area contributed by atoms with Gasteiger partial charge in [-0.2, -0.15) is 0 Å². The standard InChI is InChI=1S/C87H171NO13/c1-3-5-7-9-11-13-15-17-19-21-23-25-27-29-31-33-35-37-38-39-41-43-45-47-49-51-53-55-57-59-61-63-65-67-69-71-79(92)88-75(74-98-86-84(97)82(95)85(78(73-90)100-86)101-87-83(96)81(94)80(93)77(72-89)99-87)76(91)70-68-66-64-62-60-58-56-54-52-50-48-46-44-42-40-36-34-32-30-28-26-24-22-20-18-16-14-12-10-8-6-4-2/h75-78,80-87,89-91,93-97H,3-74H2,1-2H3,(H,88,92). The van der Waals surface area contributed by atoms with Crippen molar-refractivity contribution < 1.29 is 64.6 Å². The van der Waals surface area contributed by atoms with E-state index in [1.165, 1.54) is 379 Å². The number of carbonyl (C=O) groups excluding carboxylic acids is 1. The Balaban J connectivity index is 1.55. The molecule has 101 heavy (non-hydrogen) atoms. The van der Waals surface area contributed by atoms with Gasteiger partial charge in [0.1, 0.15) is 48.8 Å². The summed E-state index contributed by atoms with van der Waals surface area (Å²) in [6.07, 6.45) is 74.7. The summed E-state index contributed by atoms with van der Waals surface area (Å²) in [4.78, 5) is 13.4. The van der Waals surface area contributed by atoms with E-state index in [-0.39, 0.29) is 12.5 Å². The van der Waals surface area contributed by atoms with E-state index in [4.69, 9.17) is 18.9 Å². The van der Waals surface area contributed by atoms with Crippen molar-refractivity contribution in [1.29, 1.82) is 0 Å². The van der Waals surface area contributed by atoms with Crippen LogP contribution in [-0.2, 0) is 23.7 Å². The van der Waals surface area contributed by atoms with Crippen molar-refractivity contribution in [2.75, 3.05) is 19.8 Å². The number of ether oxygens (including phenoxy) is 4. The molecule has 12 atom stereocenters. The van der Waals surface area contributed by atoms with Crippen molar-refractivity contribution in [2.45, 2.75) is 530 Å². The van der Waals surface area contributed by atoms with Crippen LogP contribution >= 0.6 is 0 Å². The van der Waals surface area contributed by atoms with Crippen molar-refractivity contribution in [3.63, 3.8) is 0 Å². The largest absolute Gasteiger partial charge is 0.394 e. The third-order valence-corrected chi connectivity index (χ3v) is 22.6. The molecule has 0 spiro atoms. The van der Waals surface area contributed by atoms with Gasteiger partial charge in [-0.1, -0.05) is 438 Å². The van der Waals surface area contributed by atoms with Crippen LogP contribution in [0.3, 0.4) is 0 Å². The van der Waals surface area contributed by atoms with E-state index >= 15 is 0 Å². The minimum Gasteiger partial charge on any atom is -0.394 e. The molecule has 602 valence electrons. The summed E-state index contributed by atoms with van der Waals surface area (Å²) in [5.74, 6) is -0.193. The molecule has 0 aliphatic carbocycles. The predicted octanol–water partition coefficient (Wildman–Crippen LogP) is 21.4. The van der Waals surface area contributed by atoms with Gasteiger partial charge in [0.25, 0.3) is 0 Å². The number of aliphatic hydroxyl groups is 8. The Kier molecular flexibility index (Phi) is 68.4. The number of carbonyl (C=O) groups is 1. The number of aliphatic hydroxyl groups excluding tert-OH is 8. The maximum atomic E-state index is 13.4. The van der Waals surface area contributed by atoms with Gasteiger partial charge in [-0.15, -0.1) is 0 Å². The fraction of sp³-hybridized carbons (Fsp3) is 0.989. The van der Waals surface area contributed by atoms with Crippen LogP contribution in [-0.4, -0.2) is 140 Å². The average molecular weight is 1440 g/mol. The highest BCUT2D eigenvalue weighted by Gasteiger charge is 2.51. The van der Waals surface area contributed by atoms with Gasteiger partial charge in [-0.3, -0.25) is 4.79 Å². The fourth-order valence-corrected chi connectivity index (χ4v) is 15.5. The van der Waals surface area contributed by atoms with Crippen LogP contribution in [0.5, 0.6) is 0 Å². The Hall–Kier alpha value is -1.01. The smallest absolute Gasteiger partial charge is 0.220 e. The molecule has 14 nitrogen and oxygen atoms in total. The third-order valence-electron chi connectivity index (χ3n) is 22.6. The SMILES string of the molecule is CCCCCCCCCCCCCCCCCCCCCCCCCCCCCCCCCCCCCC(=O)NC(COC1OC(CO)C(OC2OC(CO)C(O)C(O)C2O)C(O)C1O)C(O)CCCCCCCCCCCCCCCCCCCCCCCCCCCCCCCCCC. The molecule has 2 aliphatic heterocycles. The number of amides is 1. The monoisotopic (exact) mass is 1440 g/mol. The second-order valence-corrected chi connectivity index (χ2v) is 32.1. The van der Waals surface area contributed by atoms with Gasteiger partial charge in [0.2, 0.25) is 5.91 Å². The Labute approximate surface area is 623 Å². The predicted molar refractivity (Wildman–Crippen MR) is 420 cm³/mol. The third kappa shape index (κ3) is 54.3. The first-order valence-corrected chi connectivity index (χ1v) is 44.8. The maximum absolute atomic E-state index is 13.4. The molecule has 0 aromatic carbocycles. The minimum atomic E-state index is -1.78. The molecular weight excluding hydrogens is 1270 g/mol. The summed E-state index contributed by atoms with van der Waals surface area (Å²) in [6, 6.07) is -0.826. The van der Waals surface area contributed by atoms with Gasteiger partial charge in [0.15, 0.2) is 12.6 Å². The quantitative estimate of drug-likeness (QED) is 0.0259. The van der Waals surface area contributed by atoms with E-state index in [1.807, 2.05) is 0 Å². The number of rotatable bonds is 78. The molecule has 0 aromatic heterocycles. The molecule has 0 bridgehead atoms. The molecule has 12 unspecified atom stereocenters. The number of hydrogen-bond acceptors (Lipinski definition) is 13. The van der Waals surface area contributed by atoms with E-state index in [2.05, 4.69) is 19.2 Å². The van der Waals surface area contributed by atoms with Crippen LogP contribution in [0.15, 0.2) is 0 Å². The van der Waals surface area contributed by atoms with E-state index in [0.717, 1.165) is 51.4 Å². The van der Waals surface area contributed by atoms with Crippen LogP contribution in [0.4, 0.5) is 0 Å². The zero-order chi connectivity index (χ0) is 73.0. The van der Waals surface area contributed by atoms with Crippen LogP contribution in [0.25, 0.3) is 0 Å². The second-order valence-electron chi connectivity index (χ2n) is 32.1. The molecule has 0 aromatic rings. The van der Waals surface area contributed by atoms with Crippen molar-refractivity contribution in [1.82, 2.24) is 5.32 Å². The lowest BCUT2D eigenvalue weighted by Crippen LogP contribution is -2.65. The first-order chi connectivity index (χ1) is 49.6. The summed E-state index contributed by atoms with van der Waals surface area (Å²) in [5.41, 5.74) is 0. The summed E-state index contributed by atoms with van der Waals surface area (Å²) in [7, 11) is 0. The van der Waals surface area contributed by atoms with E-state index in [9.17, 15) is 45.6 Å². The van der Waals surface area contributed by atoms with Gasteiger partial charge >= 0.3 is 0 Å². The number of hydrogen-bond donors (Lipinski definition) is 9. The minimum absolute atomic E-state index is 0.193. The lowest BCUT2D eigenvalue weighted by molar-refractivity contribution is -0.359. The molecule has 2 heterocycles. The summed E-state index contributed by atoms with van der Waals surface area (Å²) in [5, 5.41) is 88.0. The average Bonchev–Trinajstić information content (AvgIpc) is 0.791. The highest BCUT2D eigenvalue weighted by atomic mass is 16.7. The maximum Gasteiger partial charge on any atom is 0.220 e. The van der Waals surface area contributed by atoms with Gasteiger partial charge < -0.3 is 65.1 Å². The Bertz CT molecular complexity index is 1700. The van der Waals surface area contributed by atoms with E-state index in [1.54, 1.807) is 0 Å². The van der Waals surface area contributed by atoms with Crippen molar-refractivity contribution in [3.05, 3.63) is 0 Å². The van der Waals surface area contributed by atoms with Gasteiger partial charge in [-0.05, 0) is 12.8 Å². The van der Waals surface area contributed by atoms with Crippen LogP contribution < -0.4 is 5.32 Å². The Morgan fingerprint density at radius 2 is 0.564 bits per heavy atom. The fourth-order valence-electron chi connectivity index (χ4n) is 15.5. The van der Waals surface area contributed by atoms with E-state index in [0.29, 0.717) is 12.8 Å². The molecule has 2 aliphatic rings. The summed E-state index contributed by atoms with van der Waals surface area (Å²) in [6.45, 7) is 2.96. The molecule has 0 radical (unpaired) electrons. The van der Waals surface area contributed by atoms with Crippen molar-refractivity contribution in [2.24, 2.45) is 0 Å². The first kappa shape index (κ1) is 96.1. The Morgan fingerprint density at radius 3 is 0.842 bits per heavy atom. The molecule has 1 amide bonds. The molecule has 0 saturated carbocycles. The lowest BCUT2D eigenvalue weighted by Gasteiger charge is -2.46. The lowest BCUT2D eigenvalue weighted by atomic mass is 9.97. The van der Waals surface area contributed by atoms with Crippen molar-refractivity contribution in [3.8, 4) is 0 Å². The van der Waals surface area contributed by atoms with E-state index < -0.39 is 86.8 Å². The molecule has 2 fully saturated rings. The summed E-state index contributed by atoms with van der Waals surface area (Å²) < 4.78 is 23.0. The zero-order valence-corrected chi connectivity index (χ0v) is 66.5. The number of unbranched alkanes of at least 4 members (excludes halogenated alkanes) is 65. The molecule has 9 N–H and O–H groups in total. The highest BCUT2D eigenvalue weighted by molar-refractivity contribution is 5.76. The van der Waals surface area contributed by atoms with Crippen LogP contribution in [0.2, 0.25) is 0 Å². The second kappa shape index (κ2) is 71.9. The number of nitrogens with one attached hydrogen (secondary N) is 1. The first-order valence-electron chi connectivity index (χ1n) is 44.8. The zero-order valence-electron chi connectivity index (χ0n) is 66.5. The molecule has 2 saturated heterocycles. The Morgan fingerprint density at radius 1 is 0.317 bits per heavy atom. The molecular formula is C87H171NO13. The molecule has 14 heteroatoms. The van der Waals surface area contributed by atoms with Crippen LogP contribution in [0.1, 0.15) is 457 Å². The van der Waals surface area contributed by atoms with Gasteiger partial charge in [0.05, 0.1) is 32.0 Å². The highest BCUT2D eigenvalue weighted by Crippen LogP contribution is 2.31. The van der Waals surface area contributed by atoms with Gasteiger partial charge in [0, 0.05) is 6.42 Å². The van der Waals surface area contributed by atoms with Gasteiger partial charge in [-0.25, -0.2) is 0 Å². The van der Waals surface area contributed by atoms with Crippen molar-refractivity contribution >= 4 is 5.91 Å². The normalized spacial score (nSPS) is 21.6. The topological polar surface area (TPSA) is 228 Å². The summed E-state index contributed by atoms with van der Waals surface area (Å²) >= 11 is 0. The molecule has 2 rings (SSSR count). The van der Waals surface area contributed by atoms with Crippen LogP contribution in [0, 0.1) is 0 Å².